The molecule has 78 valence electrons. The first kappa shape index (κ1) is 10.8. The van der Waals surface area contributed by atoms with Gasteiger partial charge >= 0.3 is 0 Å². The van der Waals surface area contributed by atoms with Gasteiger partial charge in [-0.1, -0.05) is 12.1 Å². The Hall–Kier alpha value is -1.23. The van der Waals surface area contributed by atoms with E-state index >= 15 is 0 Å². The summed E-state index contributed by atoms with van der Waals surface area (Å²) in [6.07, 6.45) is -2.74. The maximum absolute atomic E-state index is 13.0. The van der Waals surface area contributed by atoms with Crippen LogP contribution in [0.3, 0.4) is 0 Å². The van der Waals surface area contributed by atoms with E-state index in [-0.39, 0.29) is 11.3 Å². The molecule has 0 aromatic heterocycles. The van der Waals surface area contributed by atoms with Crippen molar-refractivity contribution in [2.45, 2.75) is 12.5 Å². The molecule has 0 saturated heterocycles. The quantitative estimate of drug-likeness (QED) is 0.820. The molecule has 0 aliphatic heterocycles. The second-order valence-corrected chi connectivity index (χ2v) is 2.72. The average molecular weight is 205 g/mol. The van der Waals surface area contributed by atoms with Crippen LogP contribution in [0.1, 0.15) is 11.6 Å². The maximum Gasteiger partial charge on any atom is 0.257 e. The lowest BCUT2D eigenvalue weighted by molar-refractivity contribution is 0.115. The van der Waals surface area contributed by atoms with Crippen molar-refractivity contribution >= 4 is 0 Å². The second kappa shape index (κ2) is 4.32. The van der Waals surface area contributed by atoms with Crippen LogP contribution in [0.5, 0.6) is 5.75 Å². The molecule has 0 aliphatic carbocycles. The maximum atomic E-state index is 13.0. The van der Waals surface area contributed by atoms with Crippen LogP contribution >= 0.6 is 0 Å². The molecule has 0 saturated carbocycles. The van der Waals surface area contributed by atoms with Crippen molar-refractivity contribution in [2.75, 3.05) is 7.11 Å². The van der Waals surface area contributed by atoms with Gasteiger partial charge in [0.05, 0.1) is 13.2 Å². The summed E-state index contributed by atoms with van der Waals surface area (Å²) < 4.78 is 42.2. The minimum atomic E-state index is -2.74. The molecule has 1 atom stereocenters. The first-order valence-electron chi connectivity index (χ1n) is 3.94. The fourth-order valence-corrected chi connectivity index (χ4v) is 1.14. The van der Waals surface area contributed by atoms with Crippen molar-refractivity contribution in [3.05, 3.63) is 29.6 Å². The molecular weight excluding hydrogens is 195 g/mol. The molecule has 1 rings (SSSR count). The first-order chi connectivity index (χ1) is 6.57. The van der Waals surface area contributed by atoms with Gasteiger partial charge in [0.1, 0.15) is 0 Å². The highest BCUT2D eigenvalue weighted by molar-refractivity contribution is 5.37. The monoisotopic (exact) mass is 205 g/mol. The van der Waals surface area contributed by atoms with Crippen molar-refractivity contribution in [1.82, 2.24) is 0 Å². The lowest BCUT2D eigenvalue weighted by atomic mass is 10.1. The van der Waals surface area contributed by atoms with Crippen LogP contribution in [-0.4, -0.2) is 13.5 Å². The third-order valence-corrected chi connectivity index (χ3v) is 1.83. The van der Waals surface area contributed by atoms with Crippen LogP contribution < -0.4 is 10.5 Å². The number of methoxy groups -OCH3 is 1. The Morgan fingerprint density at radius 3 is 2.50 bits per heavy atom. The van der Waals surface area contributed by atoms with Gasteiger partial charge in [0.2, 0.25) is 0 Å². The summed E-state index contributed by atoms with van der Waals surface area (Å²) in [6.45, 7) is 0. The molecule has 5 heteroatoms. The van der Waals surface area contributed by atoms with Gasteiger partial charge in [-0.3, -0.25) is 0 Å². The molecule has 1 unspecified atom stereocenters. The van der Waals surface area contributed by atoms with Gasteiger partial charge in [-0.25, -0.2) is 13.2 Å². The molecule has 0 aliphatic rings. The number of hydrogen-bond donors (Lipinski definition) is 1. The van der Waals surface area contributed by atoms with Gasteiger partial charge in [-0.15, -0.1) is 0 Å². The molecule has 0 heterocycles. The lowest BCUT2D eigenvalue weighted by Crippen LogP contribution is -2.20. The summed E-state index contributed by atoms with van der Waals surface area (Å²) in [5, 5.41) is 0. The average Bonchev–Trinajstić information content (AvgIpc) is 2.16. The van der Waals surface area contributed by atoms with Crippen molar-refractivity contribution in [3.8, 4) is 5.75 Å². The summed E-state index contributed by atoms with van der Waals surface area (Å²) in [6, 6.07) is 2.23. The van der Waals surface area contributed by atoms with Crippen molar-refractivity contribution < 1.29 is 17.9 Å². The van der Waals surface area contributed by atoms with Gasteiger partial charge < -0.3 is 10.5 Å². The Morgan fingerprint density at radius 1 is 1.36 bits per heavy atom. The Bertz CT molecular complexity index is 317. The summed E-state index contributed by atoms with van der Waals surface area (Å²) in [7, 11) is 1.21. The molecule has 0 radical (unpaired) electrons. The molecule has 1 aromatic rings. The topological polar surface area (TPSA) is 35.2 Å². The van der Waals surface area contributed by atoms with E-state index in [9.17, 15) is 13.2 Å². The predicted octanol–water partition coefficient (Wildman–Crippen LogP) is 2.10. The van der Waals surface area contributed by atoms with Crippen LogP contribution in [0, 0.1) is 5.82 Å². The zero-order valence-electron chi connectivity index (χ0n) is 7.51. The molecule has 0 fully saturated rings. The molecule has 0 bridgehead atoms. The largest absolute Gasteiger partial charge is 0.493 e. The zero-order chi connectivity index (χ0) is 10.7. The van der Waals surface area contributed by atoms with E-state index in [4.69, 9.17) is 5.73 Å². The van der Waals surface area contributed by atoms with Gasteiger partial charge in [0, 0.05) is 5.56 Å². The summed E-state index contributed by atoms with van der Waals surface area (Å²) in [5.41, 5.74) is 5.16. The number of alkyl halides is 2. The van der Waals surface area contributed by atoms with E-state index < -0.39 is 18.3 Å². The van der Waals surface area contributed by atoms with Crippen LogP contribution in [0.4, 0.5) is 13.2 Å². The number of nitrogens with two attached hydrogens (primary N) is 1. The highest BCUT2D eigenvalue weighted by atomic mass is 19.3. The van der Waals surface area contributed by atoms with E-state index in [2.05, 4.69) is 4.74 Å². The standard InChI is InChI=1S/C9H10F3NO/c1-14-8-5(7(13)9(11)12)3-2-4-6(8)10/h2-4,7,9H,13H2,1H3. The van der Waals surface area contributed by atoms with Crippen LogP contribution in [0.2, 0.25) is 0 Å². The number of benzene rings is 1. The van der Waals surface area contributed by atoms with Crippen molar-refractivity contribution in [3.63, 3.8) is 0 Å². The van der Waals surface area contributed by atoms with E-state index in [1.165, 1.54) is 19.2 Å². The molecule has 0 spiro atoms. The molecular formula is C9H10F3NO. The van der Waals surface area contributed by atoms with Gasteiger partial charge in [-0.05, 0) is 6.07 Å². The molecule has 14 heavy (non-hydrogen) atoms. The summed E-state index contributed by atoms with van der Waals surface area (Å²) in [5.74, 6) is -0.915. The van der Waals surface area contributed by atoms with Crippen LogP contribution in [0.15, 0.2) is 18.2 Å². The zero-order valence-corrected chi connectivity index (χ0v) is 7.51. The van der Waals surface area contributed by atoms with E-state index in [0.717, 1.165) is 6.07 Å². The lowest BCUT2D eigenvalue weighted by Gasteiger charge is -2.14. The first-order valence-corrected chi connectivity index (χ1v) is 3.94. The summed E-state index contributed by atoms with van der Waals surface area (Å²) in [4.78, 5) is 0. The molecule has 1 aromatic carbocycles. The second-order valence-electron chi connectivity index (χ2n) is 2.72. The Kier molecular flexibility index (Phi) is 3.35. The normalized spacial score (nSPS) is 13.0. The highest BCUT2D eigenvalue weighted by Gasteiger charge is 2.22. The molecule has 0 amide bonds. The van der Waals surface area contributed by atoms with Crippen molar-refractivity contribution in [1.29, 1.82) is 0 Å². The number of ether oxygens (including phenoxy) is 1. The Balaban J connectivity index is 3.13. The van der Waals surface area contributed by atoms with Gasteiger partial charge in [0.15, 0.2) is 11.6 Å². The third-order valence-electron chi connectivity index (χ3n) is 1.83. The van der Waals surface area contributed by atoms with E-state index in [1.54, 1.807) is 0 Å². The minimum Gasteiger partial charge on any atom is -0.493 e. The fraction of sp³-hybridized carbons (Fsp3) is 0.333. The van der Waals surface area contributed by atoms with Crippen LogP contribution in [-0.2, 0) is 0 Å². The Morgan fingerprint density at radius 2 is 2.00 bits per heavy atom. The third kappa shape index (κ3) is 1.98. The number of halogens is 3. The fourth-order valence-electron chi connectivity index (χ4n) is 1.14. The highest BCUT2D eigenvalue weighted by Crippen LogP contribution is 2.29. The molecule has 2 nitrogen and oxygen atoms in total. The Labute approximate surface area is 79.5 Å². The van der Waals surface area contributed by atoms with Crippen molar-refractivity contribution in [2.24, 2.45) is 5.73 Å². The summed E-state index contributed by atoms with van der Waals surface area (Å²) >= 11 is 0. The predicted molar refractivity (Wildman–Crippen MR) is 45.9 cm³/mol. The number of para-hydroxylation sites is 1. The smallest absolute Gasteiger partial charge is 0.257 e. The number of hydrogen-bond acceptors (Lipinski definition) is 2. The van der Waals surface area contributed by atoms with E-state index in [0.29, 0.717) is 0 Å². The number of rotatable bonds is 3. The van der Waals surface area contributed by atoms with Gasteiger partial charge in [-0.2, -0.15) is 0 Å². The SMILES string of the molecule is COc1c(F)cccc1C(N)C(F)F. The van der Waals surface area contributed by atoms with Crippen LogP contribution in [0.25, 0.3) is 0 Å². The minimum absolute atomic E-state index is 0.0255. The van der Waals surface area contributed by atoms with E-state index in [1.807, 2.05) is 0 Å². The molecule has 2 N–H and O–H groups in total. The van der Waals surface area contributed by atoms with Gasteiger partial charge in [0.25, 0.3) is 6.43 Å².